The molecule has 4 aromatic carbocycles. The molecule has 0 saturated carbocycles. The molecular formula is C30H22N2O6S. The van der Waals surface area contributed by atoms with Crippen LogP contribution in [0.5, 0.6) is 0 Å². The highest BCUT2D eigenvalue weighted by molar-refractivity contribution is 7.99. The third kappa shape index (κ3) is 6.71. The van der Waals surface area contributed by atoms with Crippen LogP contribution in [-0.4, -0.2) is 28.2 Å². The molecule has 0 aliphatic heterocycles. The van der Waals surface area contributed by atoms with E-state index in [-0.39, 0.29) is 17.2 Å². The number of nitrogens with zero attached hydrogens (tertiary/aromatic N) is 2. The zero-order chi connectivity index (χ0) is 27.9. The van der Waals surface area contributed by atoms with Gasteiger partial charge in [-0.3, -0.25) is 19.7 Å². The van der Waals surface area contributed by atoms with Gasteiger partial charge in [0.1, 0.15) is 0 Å². The number of ketones is 2. The molecule has 0 spiro atoms. The predicted molar refractivity (Wildman–Crippen MR) is 147 cm³/mol. The third-order valence-corrected chi connectivity index (χ3v) is 6.68. The number of nitro groups is 1. The van der Waals surface area contributed by atoms with E-state index < -0.39 is 16.7 Å². The number of nitro benzene ring substituents is 1. The van der Waals surface area contributed by atoms with Gasteiger partial charge in [0.2, 0.25) is 5.78 Å². The molecule has 0 radical (unpaired) electrons. The molecule has 0 aliphatic carbocycles. The van der Waals surface area contributed by atoms with Crippen molar-refractivity contribution in [3.8, 4) is 0 Å². The van der Waals surface area contributed by atoms with Crippen LogP contribution in [0.4, 0.5) is 5.69 Å². The van der Waals surface area contributed by atoms with Gasteiger partial charge < -0.3 is 4.84 Å². The number of benzene rings is 4. The molecule has 0 heterocycles. The van der Waals surface area contributed by atoms with Crippen molar-refractivity contribution in [2.45, 2.75) is 23.6 Å². The van der Waals surface area contributed by atoms with Gasteiger partial charge in [-0.05, 0) is 67.1 Å². The number of oxime groups is 1. The van der Waals surface area contributed by atoms with Gasteiger partial charge in [0.15, 0.2) is 11.5 Å². The SMILES string of the molecule is CC(=O)O/N=C(\C(=O)c1ccc(Sc2ccc(C(=O)c3ccccc3)cc2)cc1)c1ccc([N+](=O)[O-])cc1C. The molecule has 0 atom stereocenters. The van der Waals surface area contributed by atoms with Crippen LogP contribution in [0.15, 0.2) is 112 Å². The number of aryl methyl sites for hydroxylation is 1. The number of rotatable bonds is 9. The topological polar surface area (TPSA) is 116 Å². The Morgan fingerprint density at radius 3 is 1.90 bits per heavy atom. The van der Waals surface area contributed by atoms with E-state index in [1.807, 2.05) is 30.3 Å². The Bertz CT molecular complexity index is 1580. The molecule has 8 nitrogen and oxygen atoms in total. The van der Waals surface area contributed by atoms with Gasteiger partial charge in [0.25, 0.3) is 5.69 Å². The van der Waals surface area contributed by atoms with Gasteiger partial charge in [0.05, 0.1) is 4.92 Å². The molecule has 0 aromatic heterocycles. The zero-order valence-electron chi connectivity index (χ0n) is 21.0. The first-order valence-corrected chi connectivity index (χ1v) is 12.6. The predicted octanol–water partition coefficient (Wildman–Crippen LogP) is 6.44. The number of hydrogen-bond donors (Lipinski definition) is 0. The number of hydrogen-bond acceptors (Lipinski definition) is 8. The maximum absolute atomic E-state index is 13.3. The molecule has 0 unspecified atom stereocenters. The first kappa shape index (κ1) is 27.2. The van der Waals surface area contributed by atoms with E-state index in [0.29, 0.717) is 27.8 Å². The van der Waals surface area contributed by atoms with Crippen molar-refractivity contribution in [3.05, 3.63) is 135 Å². The third-order valence-electron chi connectivity index (χ3n) is 5.66. The molecule has 0 aliphatic rings. The average Bonchev–Trinajstić information content (AvgIpc) is 2.94. The highest BCUT2D eigenvalue weighted by atomic mass is 32.2. The highest BCUT2D eigenvalue weighted by Crippen LogP contribution is 2.29. The Balaban J connectivity index is 1.52. The molecule has 0 amide bonds. The second kappa shape index (κ2) is 12.1. The molecule has 4 rings (SSSR count). The number of Topliss-reactive ketones (excluding diaryl/α,β-unsaturated/α-hetero) is 1. The lowest BCUT2D eigenvalue weighted by molar-refractivity contribution is -0.384. The fraction of sp³-hybridized carbons (Fsp3) is 0.0667. The summed E-state index contributed by atoms with van der Waals surface area (Å²) in [6, 6.07) is 27.1. The Labute approximate surface area is 228 Å². The molecule has 0 fully saturated rings. The van der Waals surface area contributed by atoms with Crippen LogP contribution in [0.3, 0.4) is 0 Å². The van der Waals surface area contributed by atoms with E-state index in [0.717, 1.165) is 16.7 Å². The fourth-order valence-electron chi connectivity index (χ4n) is 3.73. The van der Waals surface area contributed by atoms with E-state index in [1.54, 1.807) is 55.5 Å². The van der Waals surface area contributed by atoms with Gasteiger partial charge in [-0.2, -0.15) is 0 Å². The summed E-state index contributed by atoms with van der Waals surface area (Å²) in [6.45, 7) is 2.77. The van der Waals surface area contributed by atoms with E-state index in [2.05, 4.69) is 5.16 Å². The monoisotopic (exact) mass is 538 g/mol. The highest BCUT2D eigenvalue weighted by Gasteiger charge is 2.21. The molecule has 39 heavy (non-hydrogen) atoms. The Kier molecular flexibility index (Phi) is 8.43. The van der Waals surface area contributed by atoms with E-state index in [4.69, 9.17) is 4.84 Å². The summed E-state index contributed by atoms with van der Waals surface area (Å²) in [6.07, 6.45) is 0. The van der Waals surface area contributed by atoms with Crippen LogP contribution >= 0.6 is 11.8 Å². The molecule has 0 saturated heterocycles. The molecule has 9 heteroatoms. The van der Waals surface area contributed by atoms with Gasteiger partial charge >= 0.3 is 5.97 Å². The van der Waals surface area contributed by atoms with Crippen molar-refractivity contribution in [2.24, 2.45) is 5.16 Å². The average molecular weight is 539 g/mol. The van der Waals surface area contributed by atoms with Gasteiger partial charge in [-0.15, -0.1) is 0 Å². The minimum atomic E-state index is -0.705. The molecule has 0 N–H and O–H groups in total. The standard InChI is InChI=1S/C30H22N2O6S/c1-19-18-24(32(36)37)12-17-27(19)28(31-38-20(2)33)30(35)23-10-15-26(16-11-23)39-25-13-8-22(9-14-25)29(34)21-6-4-3-5-7-21/h3-18H,1-2H3/b31-28-. The Hall–Kier alpha value is -4.89. The minimum Gasteiger partial charge on any atom is -0.318 e. The van der Waals surface area contributed by atoms with Gasteiger partial charge in [-0.25, -0.2) is 4.79 Å². The van der Waals surface area contributed by atoms with Crippen LogP contribution < -0.4 is 0 Å². The largest absolute Gasteiger partial charge is 0.332 e. The fourth-order valence-corrected chi connectivity index (χ4v) is 4.54. The summed E-state index contributed by atoms with van der Waals surface area (Å²) in [7, 11) is 0. The van der Waals surface area contributed by atoms with Gasteiger partial charge in [0, 0.05) is 51.1 Å². The van der Waals surface area contributed by atoms with Crippen LogP contribution in [0, 0.1) is 17.0 Å². The van der Waals surface area contributed by atoms with Crippen molar-refractivity contribution >= 4 is 40.7 Å². The van der Waals surface area contributed by atoms with Crippen molar-refractivity contribution in [2.75, 3.05) is 0 Å². The summed E-state index contributed by atoms with van der Waals surface area (Å²) >= 11 is 1.46. The van der Waals surface area contributed by atoms with E-state index >= 15 is 0 Å². The molecular weight excluding hydrogens is 516 g/mol. The maximum atomic E-state index is 13.3. The second-order valence-corrected chi connectivity index (χ2v) is 9.60. The van der Waals surface area contributed by atoms with Crippen LogP contribution in [0.25, 0.3) is 0 Å². The lowest BCUT2D eigenvalue weighted by Gasteiger charge is -2.09. The first-order chi connectivity index (χ1) is 18.7. The number of carbonyl (C=O) groups is 3. The zero-order valence-corrected chi connectivity index (χ0v) is 21.8. The van der Waals surface area contributed by atoms with Gasteiger partial charge in [-0.1, -0.05) is 47.2 Å². The van der Waals surface area contributed by atoms with Crippen molar-refractivity contribution in [1.82, 2.24) is 0 Å². The lowest BCUT2D eigenvalue weighted by Crippen LogP contribution is -2.18. The Morgan fingerprint density at radius 1 is 0.795 bits per heavy atom. The van der Waals surface area contributed by atoms with Crippen molar-refractivity contribution < 1.29 is 24.1 Å². The van der Waals surface area contributed by atoms with Crippen molar-refractivity contribution in [1.29, 1.82) is 0 Å². The second-order valence-electron chi connectivity index (χ2n) is 8.45. The molecule has 0 bridgehead atoms. The lowest BCUT2D eigenvalue weighted by atomic mass is 9.97. The summed E-state index contributed by atoms with van der Waals surface area (Å²) < 4.78 is 0. The smallest absolute Gasteiger partial charge is 0.318 e. The van der Waals surface area contributed by atoms with Crippen LogP contribution in [0.2, 0.25) is 0 Å². The van der Waals surface area contributed by atoms with Crippen LogP contribution in [0.1, 0.15) is 44.3 Å². The molecule has 194 valence electrons. The summed E-state index contributed by atoms with van der Waals surface area (Å²) in [5, 5.41) is 14.8. The molecule has 4 aromatic rings. The first-order valence-electron chi connectivity index (χ1n) is 11.8. The van der Waals surface area contributed by atoms with E-state index in [9.17, 15) is 24.5 Å². The Morgan fingerprint density at radius 2 is 1.36 bits per heavy atom. The maximum Gasteiger partial charge on any atom is 0.332 e. The number of carbonyl (C=O) groups excluding carboxylic acids is 3. The van der Waals surface area contributed by atoms with Crippen LogP contribution in [-0.2, 0) is 9.63 Å². The summed E-state index contributed by atoms with van der Waals surface area (Å²) in [5.74, 6) is -1.26. The van der Waals surface area contributed by atoms with Crippen molar-refractivity contribution in [3.63, 3.8) is 0 Å². The minimum absolute atomic E-state index is 0.0514. The normalized spacial score (nSPS) is 11.1. The quantitative estimate of drug-likeness (QED) is 0.0792. The van der Waals surface area contributed by atoms with E-state index in [1.165, 1.54) is 30.0 Å². The number of non-ortho nitro benzene ring substituents is 1. The summed E-state index contributed by atoms with van der Waals surface area (Å²) in [5.41, 5.74) is 1.99. The summed E-state index contributed by atoms with van der Waals surface area (Å²) in [4.78, 5) is 54.4.